The SMILES string of the molecule is Cc1ccc([N+](=O)[O-])c(NC(=O)COC(=O)CN2C(=O)[C@H]3CCCC[C@H]3C2=O)c1C. The van der Waals surface area contributed by atoms with Crippen molar-refractivity contribution in [2.24, 2.45) is 11.8 Å². The molecular weight excluding hydrogens is 394 g/mol. The van der Waals surface area contributed by atoms with Gasteiger partial charge in [-0.1, -0.05) is 18.9 Å². The molecule has 3 amide bonds. The van der Waals surface area contributed by atoms with Gasteiger partial charge in [-0.3, -0.25) is 34.2 Å². The summed E-state index contributed by atoms with van der Waals surface area (Å²) < 4.78 is 4.89. The number of hydrogen-bond donors (Lipinski definition) is 1. The number of rotatable bonds is 6. The first kappa shape index (κ1) is 21.4. The summed E-state index contributed by atoms with van der Waals surface area (Å²) in [4.78, 5) is 60.5. The third-order valence-electron chi connectivity index (χ3n) is 5.76. The summed E-state index contributed by atoms with van der Waals surface area (Å²) in [6, 6.07) is 2.86. The number of amides is 3. The van der Waals surface area contributed by atoms with E-state index in [1.165, 1.54) is 6.07 Å². The molecule has 1 aromatic carbocycles. The molecule has 0 bridgehead atoms. The van der Waals surface area contributed by atoms with Gasteiger partial charge in [-0.25, -0.2) is 0 Å². The van der Waals surface area contributed by atoms with Crippen molar-refractivity contribution in [1.82, 2.24) is 4.90 Å². The van der Waals surface area contributed by atoms with E-state index < -0.39 is 30.0 Å². The summed E-state index contributed by atoms with van der Waals surface area (Å²) in [6.07, 6.45) is 3.03. The number of nitro groups is 1. The van der Waals surface area contributed by atoms with Crippen LogP contribution in [-0.2, 0) is 23.9 Å². The minimum Gasteiger partial charge on any atom is -0.454 e. The zero-order valence-electron chi connectivity index (χ0n) is 16.8. The minimum absolute atomic E-state index is 0.0371. The van der Waals surface area contributed by atoms with Gasteiger partial charge in [0.25, 0.3) is 11.6 Å². The number of esters is 1. The zero-order chi connectivity index (χ0) is 22.0. The Labute approximate surface area is 172 Å². The van der Waals surface area contributed by atoms with Crippen LogP contribution >= 0.6 is 0 Å². The second-order valence-electron chi connectivity index (χ2n) is 7.63. The number of imide groups is 1. The summed E-state index contributed by atoms with van der Waals surface area (Å²) in [5, 5.41) is 13.6. The molecule has 30 heavy (non-hydrogen) atoms. The Morgan fingerprint density at radius 2 is 1.77 bits per heavy atom. The average molecular weight is 417 g/mol. The average Bonchev–Trinajstić information content (AvgIpc) is 2.95. The number of nitrogens with one attached hydrogen (secondary N) is 1. The number of nitrogens with zero attached hydrogens (tertiary/aromatic N) is 2. The summed E-state index contributed by atoms with van der Waals surface area (Å²) in [6.45, 7) is 2.15. The molecule has 1 aromatic rings. The number of carbonyl (C=O) groups is 4. The predicted octanol–water partition coefficient (Wildman–Crippen LogP) is 1.87. The first-order valence-electron chi connectivity index (χ1n) is 9.76. The molecule has 2 aliphatic rings. The van der Waals surface area contributed by atoms with E-state index in [0.29, 0.717) is 18.4 Å². The molecule has 3 rings (SSSR count). The van der Waals surface area contributed by atoms with Crippen molar-refractivity contribution in [2.75, 3.05) is 18.5 Å². The first-order chi connectivity index (χ1) is 14.2. The number of nitro benzene ring substituents is 1. The van der Waals surface area contributed by atoms with E-state index in [4.69, 9.17) is 4.74 Å². The van der Waals surface area contributed by atoms with Crippen molar-refractivity contribution < 1.29 is 28.8 Å². The topological polar surface area (TPSA) is 136 Å². The van der Waals surface area contributed by atoms with Crippen LogP contribution in [0.1, 0.15) is 36.8 Å². The lowest BCUT2D eigenvalue weighted by Gasteiger charge is -2.19. The number of aryl methyl sites for hydroxylation is 1. The highest BCUT2D eigenvalue weighted by atomic mass is 16.6. The second kappa shape index (κ2) is 8.60. The van der Waals surface area contributed by atoms with Gasteiger partial charge < -0.3 is 10.1 Å². The van der Waals surface area contributed by atoms with E-state index in [9.17, 15) is 29.3 Å². The van der Waals surface area contributed by atoms with Crippen LogP contribution in [0, 0.1) is 35.8 Å². The standard InChI is InChI=1S/C20H23N3O7/c1-11-7-8-15(23(28)29)18(12(11)2)21-16(24)10-30-17(25)9-22-19(26)13-5-3-4-6-14(13)20(22)27/h7-8,13-14H,3-6,9-10H2,1-2H3,(H,21,24)/t13-,14+. The van der Waals surface area contributed by atoms with Crippen molar-refractivity contribution >= 4 is 35.1 Å². The van der Waals surface area contributed by atoms with Crippen molar-refractivity contribution in [2.45, 2.75) is 39.5 Å². The summed E-state index contributed by atoms with van der Waals surface area (Å²) >= 11 is 0. The van der Waals surface area contributed by atoms with Crippen LogP contribution in [0.2, 0.25) is 0 Å². The van der Waals surface area contributed by atoms with Gasteiger partial charge in [0.2, 0.25) is 11.8 Å². The van der Waals surface area contributed by atoms with Crippen LogP contribution in [0.25, 0.3) is 0 Å². The molecule has 160 valence electrons. The van der Waals surface area contributed by atoms with Crippen LogP contribution in [0.5, 0.6) is 0 Å². The van der Waals surface area contributed by atoms with Crippen LogP contribution < -0.4 is 5.32 Å². The van der Waals surface area contributed by atoms with E-state index >= 15 is 0 Å². The predicted molar refractivity (Wildman–Crippen MR) is 104 cm³/mol. The molecule has 1 aliphatic carbocycles. The summed E-state index contributed by atoms with van der Waals surface area (Å²) in [5.41, 5.74) is 1.05. The maximum absolute atomic E-state index is 12.4. The maximum Gasteiger partial charge on any atom is 0.326 e. The molecular formula is C20H23N3O7. The normalized spacial score (nSPS) is 20.7. The zero-order valence-corrected chi connectivity index (χ0v) is 16.8. The maximum atomic E-state index is 12.4. The Kier molecular flexibility index (Phi) is 6.14. The molecule has 1 heterocycles. The third-order valence-corrected chi connectivity index (χ3v) is 5.76. The molecule has 0 spiro atoms. The number of fused-ring (bicyclic) bond motifs is 1. The van der Waals surface area contributed by atoms with Gasteiger partial charge in [0.05, 0.1) is 16.8 Å². The quantitative estimate of drug-likeness (QED) is 0.323. The number of hydrogen-bond acceptors (Lipinski definition) is 7. The molecule has 10 heteroatoms. The molecule has 1 saturated heterocycles. The molecule has 0 radical (unpaired) electrons. The third kappa shape index (κ3) is 4.17. The Hall–Kier alpha value is -3.30. The lowest BCUT2D eigenvalue weighted by Crippen LogP contribution is -2.37. The van der Waals surface area contributed by atoms with Crippen LogP contribution in [0.3, 0.4) is 0 Å². The highest BCUT2D eigenvalue weighted by Gasteiger charge is 2.48. The number of benzene rings is 1. The Balaban J connectivity index is 1.58. The van der Waals surface area contributed by atoms with Gasteiger partial charge >= 0.3 is 5.97 Å². The molecule has 0 aromatic heterocycles. The molecule has 1 aliphatic heterocycles. The minimum atomic E-state index is -0.888. The van der Waals surface area contributed by atoms with E-state index in [2.05, 4.69) is 5.32 Å². The second-order valence-corrected chi connectivity index (χ2v) is 7.63. The fourth-order valence-electron chi connectivity index (χ4n) is 3.99. The lowest BCUT2D eigenvalue weighted by atomic mass is 9.81. The molecule has 1 N–H and O–H groups in total. The van der Waals surface area contributed by atoms with Crippen LogP contribution in [-0.4, -0.2) is 46.7 Å². The van der Waals surface area contributed by atoms with E-state index in [-0.39, 0.29) is 35.0 Å². The summed E-state index contributed by atoms with van der Waals surface area (Å²) in [7, 11) is 0. The van der Waals surface area contributed by atoms with Gasteiger partial charge in [0.1, 0.15) is 12.2 Å². The Morgan fingerprint density at radius 1 is 1.17 bits per heavy atom. The number of likely N-dealkylation sites (tertiary alicyclic amines) is 1. The molecule has 10 nitrogen and oxygen atoms in total. The van der Waals surface area contributed by atoms with E-state index in [1.807, 2.05) is 0 Å². The molecule has 0 unspecified atom stereocenters. The molecule has 2 fully saturated rings. The van der Waals surface area contributed by atoms with Gasteiger partial charge in [-0.05, 0) is 37.8 Å². The van der Waals surface area contributed by atoms with Gasteiger partial charge in [-0.15, -0.1) is 0 Å². The van der Waals surface area contributed by atoms with Gasteiger partial charge in [0, 0.05) is 6.07 Å². The molecule has 1 saturated carbocycles. The monoisotopic (exact) mass is 417 g/mol. The Bertz CT molecular complexity index is 903. The van der Waals surface area contributed by atoms with Crippen LogP contribution in [0.4, 0.5) is 11.4 Å². The van der Waals surface area contributed by atoms with E-state index in [1.54, 1.807) is 19.9 Å². The van der Waals surface area contributed by atoms with Crippen LogP contribution in [0.15, 0.2) is 12.1 Å². The van der Waals surface area contributed by atoms with Crippen molar-refractivity contribution in [3.8, 4) is 0 Å². The van der Waals surface area contributed by atoms with E-state index in [0.717, 1.165) is 23.3 Å². The van der Waals surface area contributed by atoms with Crippen molar-refractivity contribution in [3.63, 3.8) is 0 Å². The number of ether oxygens (including phenoxy) is 1. The number of carbonyl (C=O) groups excluding carboxylic acids is 4. The van der Waals surface area contributed by atoms with Gasteiger partial charge in [0.15, 0.2) is 6.61 Å². The fraction of sp³-hybridized carbons (Fsp3) is 0.500. The smallest absolute Gasteiger partial charge is 0.326 e. The summed E-state index contributed by atoms with van der Waals surface area (Å²) in [5.74, 6) is -3.11. The van der Waals surface area contributed by atoms with Crippen molar-refractivity contribution in [3.05, 3.63) is 33.4 Å². The van der Waals surface area contributed by atoms with Gasteiger partial charge in [-0.2, -0.15) is 0 Å². The lowest BCUT2D eigenvalue weighted by molar-refractivity contribution is -0.384. The largest absolute Gasteiger partial charge is 0.454 e. The highest BCUT2D eigenvalue weighted by molar-refractivity contribution is 6.07. The number of anilines is 1. The van der Waals surface area contributed by atoms with Crippen molar-refractivity contribution in [1.29, 1.82) is 0 Å². The Morgan fingerprint density at radius 3 is 2.33 bits per heavy atom. The first-order valence-corrected chi connectivity index (χ1v) is 9.76. The molecule has 2 atom stereocenters. The fourth-order valence-corrected chi connectivity index (χ4v) is 3.99. The highest BCUT2D eigenvalue weighted by Crippen LogP contribution is 2.37.